The van der Waals surface area contributed by atoms with Gasteiger partial charge in [0.25, 0.3) is 0 Å². The first-order valence-corrected chi connectivity index (χ1v) is 36.6. The van der Waals surface area contributed by atoms with Gasteiger partial charge in [0.2, 0.25) is 70.9 Å². The van der Waals surface area contributed by atoms with Crippen molar-refractivity contribution in [1.29, 1.82) is 0 Å². The number of alkyl halides is 6. The van der Waals surface area contributed by atoms with E-state index < -0.39 is 191 Å². The third-order valence-electron chi connectivity index (χ3n) is 21.7. The van der Waals surface area contributed by atoms with Crippen molar-refractivity contribution in [3.8, 4) is 0 Å². The fraction of sp³-hybridized carbons (Fsp3) is 0.671. The van der Waals surface area contributed by atoms with Gasteiger partial charge >= 0.3 is 12.4 Å². The average Bonchev–Trinajstić information content (AvgIpc) is 1.80. The normalized spacial score (nSPS) is 26.3. The first-order valence-electron chi connectivity index (χ1n) is 36.2. The van der Waals surface area contributed by atoms with Gasteiger partial charge in [-0.15, -0.1) is 0 Å². The van der Waals surface area contributed by atoms with Crippen LogP contribution in [0.5, 0.6) is 0 Å². The first-order chi connectivity index (χ1) is 48.8. The zero-order valence-corrected chi connectivity index (χ0v) is 62.4. The fourth-order valence-corrected chi connectivity index (χ4v) is 15.0. The molecule has 4 aliphatic heterocycles. The van der Waals surface area contributed by atoms with Crippen molar-refractivity contribution in [3.63, 3.8) is 0 Å². The van der Waals surface area contributed by atoms with E-state index in [1.165, 1.54) is 66.7 Å². The number of hydrogen-bond donors (Lipinski definition) is 4. The molecule has 2 aromatic rings. The Morgan fingerprint density at radius 2 is 1.22 bits per heavy atom. The van der Waals surface area contributed by atoms with E-state index in [4.69, 9.17) is 11.6 Å². The zero-order valence-electron chi connectivity index (χ0n) is 61.6. The van der Waals surface area contributed by atoms with Crippen LogP contribution in [0.3, 0.4) is 0 Å². The molecule has 0 aromatic heterocycles. The lowest BCUT2D eigenvalue weighted by Crippen LogP contribution is -2.65. The van der Waals surface area contributed by atoms with Gasteiger partial charge in [0.15, 0.2) is 0 Å². The molecule has 4 saturated heterocycles. The molecule has 1 saturated carbocycles. The highest BCUT2D eigenvalue weighted by molar-refractivity contribution is 6.31. The largest absolute Gasteiger partial charge is 0.417 e. The summed E-state index contributed by atoms with van der Waals surface area (Å²) in [4.78, 5) is 189. The van der Waals surface area contributed by atoms with Gasteiger partial charge < -0.3 is 60.5 Å². The highest BCUT2D eigenvalue weighted by Crippen LogP contribution is 2.38. The van der Waals surface area contributed by atoms with Gasteiger partial charge in [-0.3, -0.25) is 57.5 Å². The fourth-order valence-electron chi connectivity index (χ4n) is 14.7. The van der Waals surface area contributed by atoms with Gasteiger partial charge in [-0.25, -0.2) is 0 Å². The maximum Gasteiger partial charge on any atom is 0.417 e. The van der Waals surface area contributed by atoms with E-state index in [9.17, 15) is 59.9 Å². The molecule has 0 unspecified atom stereocenters. The molecule has 1 aliphatic carbocycles. The second-order valence-electron chi connectivity index (χ2n) is 29.4. The van der Waals surface area contributed by atoms with Crippen molar-refractivity contribution < 1.29 is 83.9 Å². The van der Waals surface area contributed by atoms with E-state index in [2.05, 4.69) is 21.3 Å². The quantitative estimate of drug-likeness (QED) is 0.159. The summed E-state index contributed by atoms with van der Waals surface area (Å²) >= 11 is 6.13. The Morgan fingerprint density at radius 3 is 1.79 bits per heavy atom. The van der Waals surface area contributed by atoms with Crippen LogP contribution in [-0.4, -0.2) is 238 Å². The van der Waals surface area contributed by atoms with Gasteiger partial charge in [-0.05, 0) is 131 Å². The monoisotopic (exact) mass is 1490 g/mol. The van der Waals surface area contributed by atoms with Crippen molar-refractivity contribution in [2.45, 2.75) is 230 Å². The molecule has 104 heavy (non-hydrogen) atoms. The summed E-state index contributed by atoms with van der Waals surface area (Å²) in [6.45, 7) is 12.1. The Morgan fingerprint density at radius 1 is 0.606 bits per heavy atom. The molecular weight excluding hydrogens is 1390 g/mol. The maximum atomic E-state index is 15.5. The molecule has 5 fully saturated rings. The molecule has 11 atom stereocenters. The standard InChI is InChI=1S/C73H103ClF6N12O12/c1-13-43(5)59-63(97)81-45(7)64(98)92-37-31-54(92)67(101)87(10)55(39-47-22-26-48(27-23-47)72(75,76)77)66(100)85(8)41-57(93)82-51(29-25-46-24-28-49(50(74)38-46)73(78,79)80)65(99)91-36-19-20-53(91)62(96)84-71(32-15-16-33-71)70(104)89(12)60(44(6)14-2)69(103)88(11)56(68(102)90-34-17-18-35-90)40-58(94)86(9)52(61(95)83-59)30-21-42(3)4/h22-24,26-28,38,42-45,51-56,59-60H,13-21,25,29-37,39-41H2,1-12H3,(H,81,97)(H,82,93)(H,83,95)(H,84,96)/t43-,44-,45-,51-,52-,53-,54-,55-,56-,59-,60-/m0/s1. The third-order valence-corrected chi connectivity index (χ3v) is 22.0. The van der Waals surface area contributed by atoms with Gasteiger partial charge in [0.1, 0.15) is 59.9 Å². The van der Waals surface area contributed by atoms with Crippen LogP contribution >= 0.6 is 11.6 Å². The minimum absolute atomic E-state index is 0.00330. The van der Waals surface area contributed by atoms with Crippen LogP contribution in [0.25, 0.3) is 0 Å². The molecule has 1 spiro atoms. The van der Waals surface area contributed by atoms with Crippen molar-refractivity contribution in [2.24, 2.45) is 17.8 Å². The van der Waals surface area contributed by atoms with Crippen LogP contribution in [0.15, 0.2) is 42.5 Å². The van der Waals surface area contributed by atoms with Gasteiger partial charge in [0, 0.05) is 67.8 Å². The second-order valence-corrected chi connectivity index (χ2v) is 29.8. The summed E-state index contributed by atoms with van der Waals surface area (Å²) in [5.41, 5.74) is -3.40. The van der Waals surface area contributed by atoms with E-state index in [0.717, 1.165) is 52.3 Å². The number of halogens is 7. The summed E-state index contributed by atoms with van der Waals surface area (Å²) in [5.74, 6) is -10.2. The molecule has 4 N–H and O–H groups in total. The number of amides is 12. The Bertz CT molecular complexity index is 3480. The van der Waals surface area contributed by atoms with Crippen molar-refractivity contribution in [3.05, 3.63) is 69.7 Å². The Hall–Kier alpha value is -8.05. The van der Waals surface area contributed by atoms with E-state index in [-0.39, 0.29) is 81.5 Å². The number of benzene rings is 2. The topological polar surface area (TPSA) is 279 Å². The van der Waals surface area contributed by atoms with Gasteiger partial charge in [0.05, 0.1) is 29.1 Å². The number of aryl methyl sites for hydroxylation is 1. The summed E-state index contributed by atoms with van der Waals surface area (Å²) in [5, 5.41) is 10.5. The average molecular weight is 1490 g/mol. The van der Waals surface area contributed by atoms with Crippen LogP contribution in [0.4, 0.5) is 26.3 Å². The first kappa shape index (κ1) is 83.2. The van der Waals surface area contributed by atoms with E-state index in [1.807, 2.05) is 20.8 Å². The summed E-state index contributed by atoms with van der Waals surface area (Å²) < 4.78 is 83.2. The molecule has 7 rings (SSSR count). The van der Waals surface area contributed by atoms with Crippen LogP contribution < -0.4 is 21.3 Å². The highest BCUT2D eigenvalue weighted by atomic mass is 35.5. The van der Waals surface area contributed by atoms with Crippen LogP contribution in [-0.2, 0) is 82.7 Å². The van der Waals surface area contributed by atoms with Crippen molar-refractivity contribution >= 4 is 82.5 Å². The number of carbonyl (C=O) groups is 12. The van der Waals surface area contributed by atoms with Crippen molar-refractivity contribution in [2.75, 3.05) is 68.0 Å². The van der Waals surface area contributed by atoms with Gasteiger partial charge in [-0.2, -0.15) is 26.3 Å². The number of likely N-dealkylation sites (tertiary alicyclic amines) is 1. The maximum absolute atomic E-state index is 15.5. The molecular formula is C73H103ClF6N12O12. The number of rotatable bonds is 13. The molecule has 31 heteroatoms. The number of nitrogens with one attached hydrogen (secondary N) is 4. The lowest BCUT2D eigenvalue weighted by molar-refractivity contribution is -0.157. The number of carbonyl (C=O) groups excluding carboxylic acids is 12. The lowest BCUT2D eigenvalue weighted by atomic mass is 9.90. The number of fused-ring (bicyclic) bond motifs is 2. The number of likely N-dealkylation sites (N-methyl/N-ethyl adjacent to an activating group) is 5. The molecule has 0 bridgehead atoms. The van der Waals surface area contributed by atoms with E-state index >= 15 is 24.0 Å². The molecule has 24 nitrogen and oxygen atoms in total. The predicted molar refractivity (Wildman–Crippen MR) is 373 cm³/mol. The SMILES string of the molecule is CC[C@H](C)[C@@H]1NC(=O)[C@H](CCC(C)C)N(C)C(=O)C[C@@H](C(=O)N2CCCC2)N(C)C(=O)[C@H]([C@@H](C)CC)N(C)C(=O)C2(CCCC2)NC(=O)[C@@H]2CCCN2C(=O)[C@H](CCc2ccc(C(F)(F)F)c(Cl)c2)NC(=O)CN(C)C(=O)[C@H](Cc2ccc(C(F)(F)F)cc2)N(C)C(=O)[C@@H]2CCN2C(=O)[C@H](C)NC1=O. The minimum atomic E-state index is -4.81. The second kappa shape index (κ2) is 35.4. The molecule has 12 amide bonds. The molecule has 576 valence electrons. The molecule has 4 heterocycles. The third kappa shape index (κ3) is 19.7. The minimum Gasteiger partial charge on any atom is -0.343 e. The molecule has 5 aliphatic rings. The lowest BCUT2D eigenvalue weighted by Gasteiger charge is -2.44. The zero-order chi connectivity index (χ0) is 77.2. The highest BCUT2D eigenvalue weighted by Gasteiger charge is 2.52. The molecule has 2 aromatic carbocycles. The molecule has 0 radical (unpaired) electrons. The van der Waals surface area contributed by atoms with E-state index in [1.54, 1.807) is 25.7 Å². The Kier molecular flexibility index (Phi) is 28.3. The van der Waals surface area contributed by atoms with Gasteiger partial charge in [-0.1, -0.05) is 97.0 Å². The summed E-state index contributed by atoms with van der Waals surface area (Å²) in [6, 6.07) is -5.47. The Balaban J connectivity index is 1.30. The van der Waals surface area contributed by atoms with Crippen LogP contribution in [0, 0.1) is 17.8 Å². The van der Waals surface area contributed by atoms with Crippen molar-refractivity contribution in [1.82, 2.24) is 60.5 Å². The number of hydrogen-bond acceptors (Lipinski definition) is 12. The smallest absolute Gasteiger partial charge is 0.343 e. The number of nitrogens with zero attached hydrogens (tertiary/aromatic N) is 8. The Labute approximate surface area is 609 Å². The van der Waals surface area contributed by atoms with Crippen LogP contribution in [0.2, 0.25) is 5.02 Å². The van der Waals surface area contributed by atoms with E-state index in [0.29, 0.717) is 58.0 Å². The summed E-state index contributed by atoms with van der Waals surface area (Å²) in [7, 11) is 6.65. The summed E-state index contributed by atoms with van der Waals surface area (Å²) in [6.07, 6.45) is -7.04. The van der Waals surface area contributed by atoms with Crippen LogP contribution in [0.1, 0.15) is 167 Å². The predicted octanol–water partition coefficient (Wildman–Crippen LogP) is 6.37.